The molecule has 0 bridgehead atoms. The van der Waals surface area contributed by atoms with Gasteiger partial charge in [-0.25, -0.2) is 0 Å². The number of hydrogen-bond acceptors (Lipinski definition) is 1. The monoisotopic (exact) mass is 212 g/mol. The summed E-state index contributed by atoms with van der Waals surface area (Å²) in [6.07, 6.45) is 0. The molecule has 1 rings (SSSR count). The van der Waals surface area contributed by atoms with Gasteiger partial charge in [-0.15, -0.1) is 0 Å². The molecule has 0 spiro atoms. The molecule has 0 saturated carbocycles. The number of nitrogen functional groups attached to an aromatic ring is 1. The number of rotatable bonds is 2. The van der Waals surface area contributed by atoms with E-state index in [1.165, 1.54) is 0 Å². The summed E-state index contributed by atoms with van der Waals surface area (Å²) in [4.78, 5) is 0. The zero-order valence-corrected chi connectivity index (χ0v) is 7.56. The molecule has 0 aromatic heterocycles. The van der Waals surface area contributed by atoms with Crippen molar-refractivity contribution in [1.29, 1.82) is 5.41 Å². The molecular formula is C8H9BrN2. The van der Waals surface area contributed by atoms with Gasteiger partial charge in [-0.2, -0.15) is 0 Å². The van der Waals surface area contributed by atoms with E-state index in [9.17, 15) is 0 Å². The lowest BCUT2D eigenvalue weighted by Crippen LogP contribution is -2.10. The minimum absolute atomic E-state index is 0.118. The SMILES string of the molecule is N=C(N)c1cccc(CBr)c1. The van der Waals surface area contributed by atoms with Crippen LogP contribution in [-0.2, 0) is 5.33 Å². The van der Waals surface area contributed by atoms with E-state index in [4.69, 9.17) is 11.1 Å². The number of alkyl halides is 1. The molecule has 0 aliphatic carbocycles. The second kappa shape index (κ2) is 3.53. The van der Waals surface area contributed by atoms with E-state index in [2.05, 4.69) is 15.9 Å². The lowest BCUT2D eigenvalue weighted by Gasteiger charge is -1.99. The standard InChI is InChI=1S/C8H9BrN2/c9-5-6-2-1-3-7(4-6)8(10)11/h1-4H,5H2,(H3,10,11). The summed E-state index contributed by atoms with van der Waals surface area (Å²) in [6.45, 7) is 0. The third kappa shape index (κ3) is 2.05. The van der Waals surface area contributed by atoms with Crippen LogP contribution in [-0.4, -0.2) is 5.84 Å². The Morgan fingerprint density at radius 3 is 2.82 bits per heavy atom. The predicted octanol–water partition coefficient (Wildman–Crippen LogP) is 1.87. The van der Waals surface area contributed by atoms with Crippen LogP contribution in [0.15, 0.2) is 24.3 Å². The molecule has 1 aromatic carbocycles. The topological polar surface area (TPSA) is 49.9 Å². The van der Waals surface area contributed by atoms with Gasteiger partial charge in [-0.1, -0.05) is 34.1 Å². The van der Waals surface area contributed by atoms with Crippen molar-refractivity contribution < 1.29 is 0 Å². The summed E-state index contributed by atoms with van der Waals surface area (Å²) in [6, 6.07) is 7.61. The van der Waals surface area contributed by atoms with Crippen LogP contribution in [0.25, 0.3) is 0 Å². The second-order valence-electron chi connectivity index (χ2n) is 2.25. The Kier molecular flexibility index (Phi) is 2.65. The molecule has 0 amide bonds. The van der Waals surface area contributed by atoms with E-state index in [-0.39, 0.29) is 5.84 Å². The van der Waals surface area contributed by atoms with Crippen molar-refractivity contribution in [2.45, 2.75) is 5.33 Å². The van der Waals surface area contributed by atoms with E-state index in [1.807, 2.05) is 24.3 Å². The van der Waals surface area contributed by atoms with Crippen LogP contribution in [0.4, 0.5) is 0 Å². The number of halogens is 1. The first-order valence-electron chi connectivity index (χ1n) is 3.23. The van der Waals surface area contributed by atoms with E-state index in [1.54, 1.807) is 0 Å². The molecule has 58 valence electrons. The molecule has 0 atom stereocenters. The molecule has 2 nitrogen and oxygen atoms in total. The van der Waals surface area contributed by atoms with Gasteiger partial charge in [0.1, 0.15) is 5.84 Å². The normalized spacial score (nSPS) is 9.55. The first-order valence-corrected chi connectivity index (χ1v) is 4.35. The van der Waals surface area contributed by atoms with Crippen molar-refractivity contribution in [3.05, 3.63) is 35.4 Å². The van der Waals surface area contributed by atoms with E-state index < -0.39 is 0 Å². The predicted molar refractivity (Wildman–Crippen MR) is 50.1 cm³/mol. The van der Waals surface area contributed by atoms with Crippen molar-refractivity contribution in [1.82, 2.24) is 0 Å². The molecule has 3 N–H and O–H groups in total. The highest BCUT2D eigenvalue weighted by Crippen LogP contribution is 2.07. The fourth-order valence-corrected chi connectivity index (χ4v) is 1.17. The van der Waals surface area contributed by atoms with Gasteiger partial charge in [0.15, 0.2) is 0 Å². The second-order valence-corrected chi connectivity index (χ2v) is 2.81. The molecule has 0 saturated heterocycles. The third-order valence-electron chi connectivity index (χ3n) is 1.39. The Morgan fingerprint density at radius 2 is 2.27 bits per heavy atom. The molecule has 0 radical (unpaired) electrons. The van der Waals surface area contributed by atoms with Crippen molar-refractivity contribution in [2.75, 3.05) is 0 Å². The number of nitrogens with one attached hydrogen (secondary N) is 1. The smallest absolute Gasteiger partial charge is 0.122 e. The quantitative estimate of drug-likeness (QED) is 0.439. The zero-order valence-electron chi connectivity index (χ0n) is 5.97. The largest absolute Gasteiger partial charge is 0.384 e. The highest BCUT2D eigenvalue weighted by molar-refractivity contribution is 9.08. The van der Waals surface area contributed by atoms with Gasteiger partial charge in [0, 0.05) is 10.9 Å². The summed E-state index contributed by atoms with van der Waals surface area (Å²) >= 11 is 3.33. The van der Waals surface area contributed by atoms with Gasteiger partial charge in [0.2, 0.25) is 0 Å². The zero-order chi connectivity index (χ0) is 8.27. The van der Waals surface area contributed by atoms with Crippen molar-refractivity contribution >= 4 is 21.8 Å². The molecule has 3 heteroatoms. The highest BCUT2D eigenvalue weighted by atomic mass is 79.9. The average Bonchev–Trinajstić information content (AvgIpc) is 2.05. The molecule has 0 heterocycles. The number of amidine groups is 1. The minimum Gasteiger partial charge on any atom is -0.384 e. The number of nitrogens with two attached hydrogens (primary N) is 1. The molecule has 0 fully saturated rings. The summed E-state index contributed by atoms with van der Waals surface area (Å²) in [5.41, 5.74) is 7.22. The van der Waals surface area contributed by atoms with Gasteiger partial charge in [0.25, 0.3) is 0 Å². The van der Waals surface area contributed by atoms with E-state index in [0.29, 0.717) is 0 Å². The Morgan fingerprint density at radius 1 is 1.55 bits per heavy atom. The van der Waals surface area contributed by atoms with Crippen molar-refractivity contribution in [2.24, 2.45) is 5.73 Å². The van der Waals surface area contributed by atoms with Crippen LogP contribution in [0.1, 0.15) is 11.1 Å². The van der Waals surface area contributed by atoms with Crippen molar-refractivity contribution in [3.63, 3.8) is 0 Å². The molecule has 11 heavy (non-hydrogen) atoms. The highest BCUT2D eigenvalue weighted by Gasteiger charge is 1.95. The lowest BCUT2D eigenvalue weighted by atomic mass is 10.1. The molecule has 0 aliphatic rings. The third-order valence-corrected chi connectivity index (χ3v) is 2.04. The molecule has 0 aliphatic heterocycles. The van der Waals surface area contributed by atoms with Crippen LogP contribution >= 0.6 is 15.9 Å². The molecule has 1 aromatic rings. The summed E-state index contributed by atoms with van der Waals surface area (Å²) in [7, 11) is 0. The average molecular weight is 213 g/mol. The maximum absolute atomic E-state index is 7.17. The maximum atomic E-state index is 7.17. The fraction of sp³-hybridized carbons (Fsp3) is 0.125. The summed E-state index contributed by atoms with van der Waals surface area (Å²) in [5.74, 6) is 0.118. The van der Waals surface area contributed by atoms with E-state index >= 15 is 0 Å². The van der Waals surface area contributed by atoms with Gasteiger partial charge in [-0.05, 0) is 11.6 Å². The minimum atomic E-state index is 0.118. The number of hydrogen-bond donors (Lipinski definition) is 2. The Labute approximate surface area is 74.1 Å². The lowest BCUT2D eigenvalue weighted by molar-refractivity contribution is 1.38. The molecular weight excluding hydrogens is 204 g/mol. The van der Waals surface area contributed by atoms with Gasteiger partial charge in [0.05, 0.1) is 0 Å². The summed E-state index contributed by atoms with van der Waals surface area (Å²) < 4.78 is 0. The van der Waals surface area contributed by atoms with Crippen LogP contribution in [0, 0.1) is 5.41 Å². The first-order chi connectivity index (χ1) is 5.24. The van der Waals surface area contributed by atoms with Crippen LogP contribution in [0.3, 0.4) is 0 Å². The Bertz CT molecular complexity index is 271. The number of benzene rings is 1. The summed E-state index contributed by atoms with van der Waals surface area (Å²) in [5, 5.41) is 7.97. The van der Waals surface area contributed by atoms with Crippen molar-refractivity contribution in [3.8, 4) is 0 Å². The first kappa shape index (κ1) is 8.27. The fourth-order valence-electron chi connectivity index (χ4n) is 0.822. The van der Waals surface area contributed by atoms with Crippen LogP contribution < -0.4 is 5.73 Å². The molecule has 0 unspecified atom stereocenters. The Balaban J connectivity index is 3.01. The van der Waals surface area contributed by atoms with Crippen LogP contribution in [0.2, 0.25) is 0 Å². The Hall–Kier alpha value is -0.830. The van der Waals surface area contributed by atoms with Gasteiger partial charge >= 0.3 is 0 Å². The van der Waals surface area contributed by atoms with Crippen LogP contribution in [0.5, 0.6) is 0 Å². The van der Waals surface area contributed by atoms with Gasteiger partial charge < -0.3 is 5.73 Å². The maximum Gasteiger partial charge on any atom is 0.122 e. The van der Waals surface area contributed by atoms with Gasteiger partial charge in [-0.3, -0.25) is 5.41 Å². The van der Waals surface area contributed by atoms with E-state index in [0.717, 1.165) is 16.5 Å².